The fourth-order valence-electron chi connectivity index (χ4n) is 1.31. The lowest BCUT2D eigenvalue weighted by molar-refractivity contribution is 0.0948. The van der Waals surface area contributed by atoms with Crippen molar-refractivity contribution in [3.8, 4) is 0 Å². The Bertz CT molecular complexity index is 362. The largest absolute Gasteiger partial charge is 0.351 e. The van der Waals surface area contributed by atoms with Crippen LogP contribution in [0.5, 0.6) is 0 Å². The summed E-state index contributed by atoms with van der Waals surface area (Å²) in [6.07, 6.45) is 0. The monoisotopic (exact) mass is 238 g/mol. The first-order valence-corrected chi connectivity index (χ1v) is 5.74. The molecule has 0 bridgehead atoms. The normalized spacial score (nSPS) is 10.9. The SMILES string of the molecule is CC(C)N(C)CCNC(=O)c1ccc(F)cc1. The molecule has 0 aromatic heterocycles. The number of hydrogen-bond donors (Lipinski definition) is 1. The molecule has 0 unspecified atom stereocenters. The molecule has 1 rings (SSSR count). The zero-order chi connectivity index (χ0) is 12.8. The van der Waals surface area contributed by atoms with Crippen molar-refractivity contribution in [2.75, 3.05) is 20.1 Å². The Morgan fingerprint density at radius 2 is 1.94 bits per heavy atom. The molecular formula is C13H19FN2O. The van der Waals surface area contributed by atoms with E-state index in [0.717, 1.165) is 6.54 Å². The average molecular weight is 238 g/mol. The second-order valence-electron chi connectivity index (χ2n) is 4.34. The van der Waals surface area contributed by atoms with E-state index >= 15 is 0 Å². The van der Waals surface area contributed by atoms with Crippen molar-refractivity contribution in [1.29, 1.82) is 0 Å². The van der Waals surface area contributed by atoms with E-state index in [4.69, 9.17) is 0 Å². The summed E-state index contributed by atoms with van der Waals surface area (Å²) in [5.74, 6) is -0.497. The van der Waals surface area contributed by atoms with Crippen molar-refractivity contribution in [3.63, 3.8) is 0 Å². The first-order valence-electron chi connectivity index (χ1n) is 5.74. The molecule has 0 saturated heterocycles. The van der Waals surface area contributed by atoms with Gasteiger partial charge in [0, 0.05) is 24.7 Å². The molecule has 0 fully saturated rings. The van der Waals surface area contributed by atoms with Crippen LogP contribution >= 0.6 is 0 Å². The highest BCUT2D eigenvalue weighted by molar-refractivity contribution is 5.94. The molecule has 0 saturated carbocycles. The predicted molar refractivity (Wildman–Crippen MR) is 66.5 cm³/mol. The molecule has 0 heterocycles. The number of rotatable bonds is 5. The van der Waals surface area contributed by atoms with Gasteiger partial charge in [-0.05, 0) is 45.2 Å². The fraction of sp³-hybridized carbons (Fsp3) is 0.462. The lowest BCUT2D eigenvalue weighted by Gasteiger charge is -2.20. The van der Waals surface area contributed by atoms with E-state index in [1.54, 1.807) is 0 Å². The Morgan fingerprint density at radius 1 is 1.35 bits per heavy atom. The molecule has 0 radical (unpaired) electrons. The zero-order valence-corrected chi connectivity index (χ0v) is 10.5. The first-order chi connectivity index (χ1) is 8.00. The second kappa shape index (κ2) is 6.35. The molecule has 1 N–H and O–H groups in total. The number of hydrogen-bond acceptors (Lipinski definition) is 2. The van der Waals surface area contributed by atoms with E-state index in [9.17, 15) is 9.18 Å². The maximum atomic E-state index is 12.7. The molecule has 1 aromatic rings. The molecule has 0 aliphatic heterocycles. The number of likely N-dealkylation sites (N-methyl/N-ethyl adjacent to an activating group) is 1. The Hall–Kier alpha value is -1.42. The van der Waals surface area contributed by atoms with Crippen molar-refractivity contribution >= 4 is 5.91 Å². The van der Waals surface area contributed by atoms with Crippen LogP contribution < -0.4 is 5.32 Å². The van der Waals surface area contributed by atoms with Crippen LogP contribution in [-0.4, -0.2) is 37.0 Å². The Morgan fingerprint density at radius 3 is 2.47 bits per heavy atom. The van der Waals surface area contributed by atoms with E-state index in [-0.39, 0.29) is 11.7 Å². The topological polar surface area (TPSA) is 32.3 Å². The van der Waals surface area contributed by atoms with Crippen molar-refractivity contribution in [1.82, 2.24) is 10.2 Å². The van der Waals surface area contributed by atoms with E-state index in [2.05, 4.69) is 24.1 Å². The molecule has 0 aliphatic carbocycles. The summed E-state index contributed by atoms with van der Waals surface area (Å²) in [4.78, 5) is 13.8. The number of carbonyl (C=O) groups is 1. The summed E-state index contributed by atoms with van der Waals surface area (Å²) in [7, 11) is 2.01. The molecule has 0 spiro atoms. The average Bonchev–Trinajstić information content (AvgIpc) is 2.29. The highest BCUT2D eigenvalue weighted by Gasteiger charge is 2.06. The third-order valence-corrected chi connectivity index (χ3v) is 2.74. The van der Waals surface area contributed by atoms with Gasteiger partial charge in [-0.15, -0.1) is 0 Å². The molecular weight excluding hydrogens is 219 g/mol. The summed E-state index contributed by atoms with van der Waals surface area (Å²) in [5, 5.41) is 2.80. The summed E-state index contributed by atoms with van der Waals surface area (Å²) in [6, 6.07) is 6.00. The maximum Gasteiger partial charge on any atom is 0.251 e. The number of benzene rings is 1. The van der Waals surface area contributed by atoms with Gasteiger partial charge in [0.25, 0.3) is 5.91 Å². The summed E-state index contributed by atoms with van der Waals surface area (Å²) in [6.45, 7) is 5.58. The minimum Gasteiger partial charge on any atom is -0.351 e. The summed E-state index contributed by atoms with van der Waals surface area (Å²) in [5.41, 5.74) is 0.485. The summed E-state index contributed by atoms with van der Waals surface area (Å²) < 4.78 is 12.7. The van der Waals surface area contributed by atoms with Gasteiger partial charge in [0.1, 0.15) is 5.82 Å². The lowest BCUT2D eigenvalue weighted by atomic mass is 10.2. The predicted octanol–water partition coefficient (Wildman–Crippen LogP) is 1.90. The minimum atomic E-state index is -0.332. The van der Waals surface area contributed by atoms with Gasteiger partial charge >= 0.3 is 0 Å². The third-order valence-electron chi connectivity index (χ3n) is 2.74. The smallest absolute Gasteiger partial charge is 0.251 e. The minimum absolute atomic E-state index is 0.165. The quantitative estimate of drug-likeness (QED) is 0.849. The van der Waals surface area contributed by atoms with E-state index in [1.807, 2.05) is 7.05 Å². The molecule has 1 amide bonds. The van der Waals surface area contributed by atoms with Crippen LogP contribution in [-0.2, 0) is 0 Å². The number of carbonyl (C=O) groups excluding carboxylic acids is 1. The van der Waals surface area contributed by atoms with Crippen LogP contribution in [0.4, 0.5) is 4.39 Å². The molecule has 17 heavy (non-hydrogen) atoms. The number of halogens is 1. The van der Waals surface area contributed by atoms with Crippen LogP contribution in [0.3, 0.4) is 0 Å². The van der Waals surface area contributed by atoms with Crippen LogP contribution in [0, 0.1) is 5.82 Å². The van der Waals surface area contributed by atoms with Gasteiger partial charge in [-0.2, -0.15) is 0 Å². The number of nitrogens with zero attached hydrogens (tertiary/aromatic N) is 1. The number of nitrogens with one attached hydrogen (secondary N) is 1. The molecule has 0 aliphatic rings. The maximum absolute atomic E-state index is 12.7. The van der Waals surface area contributed by atoms with Crippen LogP contribution in [0.2, 0.25) is 0 Å². The standard InChI is InChI=1S/C13H19FN2O/c1-10(2)16(3)9-8-15-13(17)11-4-6-12(14)7-5-11/h4-7,10H,8-9H2,1-3H3,(H,15,17). The highest BCUT2D eigenvalue weighted by Crippen LogP contribution is 2.02. The van der Waals surface area contributed by atoms with Crippen molar-refractivity contribution in [2.24, 2.45) is 0 Å². The Kier molecular flexibility index (Phi) is 5.10. The third kappa shape index (κ3) is 4.53. The van der Waals surface area contributed by atoms with Crippen molar-refractivity contribution in [2.45, 2.75) is 19.9 Å². The zero-order valence-electron chi connectivity index (χ0n) is 10.5. The van der Waals surface area contributed by atoms with Gasteiger partial charge in [0.2, 0.25) is 0 Å². The van der Waals surface area contributed by atoms with E-state index in [1.165, 1.54) is 24.3 Å². The van der Waals surface area contributed by atoms with Crippen LogP contribution in [0.25, 0.3) is 0 Å². The van der Waals surface area contributed by atoms with Gasteiger partial charge in [-0.25, -0.2) is 4.39 Å². The number of amides is 1. The lowest BCUT2D eigenvalue weighted by Crippen LogP contribution is -2.36. The van der Waals surface area contributed by atoms with Gasteiger partial charge in [-0.1, -0.05) is 0 Å². The van der Waals surface area contributed by atoms with Gasteiger partial charge in [0.05, 0.1) is 0 Å². The summed E-state index contributed by atoms with van der Waals surface area (Å²) >= 11 is 0. The van der Waals surface area contributed by atoms with Crippen LogP contribution in [0.15, 0.2) is 24.3 Å². The van der Waals surface area contributed by atoms with Gasteiger partial charge in [0.15, 0.2) is 0 Å². The molecule has 1 aromatic carbocycles. The highest BCUT2D eigenvalue weighted by atomic mass is 19.1. The second-order valence-corrected chi connectivity index (χ2v) is 4.34. The van der Waals surface area contributed by atoms with E-state index in [0.29, 0.717) is 18.2 Å². The van der Waals surface area contributed by atoms with E-state index < -0.39 is 0 Å². The first kappa shape index (κ1) is 13.6. The Labute approximate surface area is 102 Å². The Balaban J connectivity index is 2.37. The van der Waals surface area contributed by atoms with Gasteiger partial charge in [-0.3, -0.25) is 4.79 Å². The molecule has 3 nitrogen and oxygen atoms in total. The van der Waals surface area contributed by atoms with Crippen LogP contribution in [0.1, 0.15) is 24.2 Å². The molecule has 94 valence electrons. The fourth-order valence-corrected chi connectivity index (χ4v) is 1.31. The molecule has 0 atom stereocenters. The van der Waals surface area contributed by atoms with Crippen molar-refractivity contribution in [3.05, 3.63) is 35.6 Å². The molecule has 4 heteroatoms. The van der Waals surface area contributed by atoms with Crippen molar-refractivity contribution < 1.29 is 9.18 Å². The van der Waals surface area contributed by atoms with Gasteiger partial charge < -0.3 is 10.2 Å².